The van der Waals surface area contributed by atoms with Gasteiger partial charge in [-0.2, -0.15) is 0 Å². The molecule has 0 radical (unpaired) electrons. The molecule has 2 aliphatic rings. The van der Waals surface area contributed by atoms with Crippen LogP contribution in [0, 0.1) is 5.92 Å². The molecular weight excluding hydrogens is 320 g/mol. The van der Waals surface area contributed by atoms with Gasteiger partial charge in [-0.1, -0.05) is 24.3 Å². The lowest BCUT2D eigenvalue weighted by Gasteiger charge is -2.33. The van der Waals surface area contributed by atoms with Gasteiger partial charge in [0.1, 0.15) is 0 Å². The molecule has 4 rings (SSSR count). The first-order valence-electron chi connectivity index (χ1n) is 8.46. The number of nitrogens with zero attached hydrogens (tertiary/aromatic N) is 2. The molecule has 2 aromatic rings. The van der Waals surface area contributed by atoms with Crippen LogP contribution in [0.1, 0.15) is 28.1 Å². The fourth-order valence-electron chi connectivity index (χ4n) is 3.67. The van der Waals surface area contributed by atoms with Crippen molar-refractivity contribution in [1.82, 2.24) is 4.90 Å². The third kappa shape index (κ3) is 2.73. The van der Waals surface area contributed by atoms with E-state index in [2.05, 4.69) is 6.07 Å². The van der Waals surface area contributed by atoms with Crippen LogP contribution in [0.25, 0.3) is 0 Å². The van der Waals surface area contributed by atoms with Crippen molar-refractivity contribution >= 4 is 28.8 Å². The molecule has 2 aliphatic heterocycles. The van der Waals surface area contributed by atoms with Crippen LogP contribution in [0.5, 0.6) is 0 Å². The number of hydrogen-bond donors (Lipinski definition) is 0. The molecule has 4 nitrogen and oxygen atoms in total. The highest BCUT2D eigenvalue weighted by Crippen LogP contribution is 2.31. The fourth-order valence-corrected chi connectivity index (χ4v) is 4.36. The summed E-state index contributed by atoms with van der Waals surface area (Å²) in [5, 5.41) is 1.92. The van der Waals surface area contributed by atoms with Crippen LogP contribution in [-0.4, -0.2) is 36.3 Å². The number of amides is 2. The number of benzene rings is 1. The van der Waals surface area contributed by atoms with E-state index in [4.69, 9.17) is 0 Å². The third-order valence-corrected chi connectivity index (χ3v) is 5.87. The van der Waals surface area contributed by atoms with E-state index in [1.165, 1.54) is 16.9 Å². The largest absolute Gasteiger partial charge is 0.338 e. The van der Waals surface area contributed by atoms with Crippen LogP contribution in [0.3, 0.4) is 0 Å². The second-order valence-corrected chi connectivity index (χ2v) is 7.36. The number of fused-ring (bicyclic) bond motifs is 1. The zero-order chi connectivity index (χ0) is 16.5. The Bertz CT molecular complexity index is 748. The summed E-state index contributed by atoms with van der Waals surface area (Å²) in [5.74, 6) is 0.356. The van der Waals surface area contributed by atoms with Crippen molar-refractivity contribution in [2.24, 2.45) is 5.92 Å². The predicted octanol–water partition coefficient (Wildman–Crippen LogP) is 3.19. The number of hydrogen-bond acceptors (Lipinski definition) is 3. The number of carbonyl (C=O) groups excluding carboxylic acids is 2. The summed E-state index contributed by atoms with van der Waals surface area (Å²) in [6.45, 7) is 2.12. The monoisotopic (exact) mass is 340 g/mol. The van der Waals surface area contributed by atoms with Crippen molar-refractivity contribution in [2.45, 2.75) is 19.3 Å². The van der Waals surface area contributed by atoms with Crippen LogP contribution in [0.2, 0.25) is 0 Å². The van der Waals surface area contributed by atoms with Gasteiger partial charge in [-0.3, -0.25) is 9.59 Å². The van der Waals surface area contributed by atoms with Gasteiger partial charge in [-0.05, 0) is 42.3 Å². The molecule has 24 heavy (non-hydrogen) atoms. The van der Waals surface area contributed by atoms with Crippen LogP contribution in [0.15, 0.2) is 41.8 Å². The molecule has 0 spiro atoms. The third-order valence-electron chi connectivity index (χ3n) is 5.02. The quantitative estimate of drug-likeness (QED) is 0.842. The topological polar surface area (TPSA) is 40.6 Å². The Morgan fingerprint density at radius 2 is 1.79 bits per heavy atom. The summed E-state index contributed by atoms with van der Waals surface area (Å²) >= 11 is 1.48. The first-order valence-corrected chi connectivity index (χ1v) is 9.34. The molecule has 5 heteroatoms. The second kappa shape index (κ2) is 6.40. The second-order valence-electron chi connectivity index (χ2n) is 6.41. The van der Waals surface area contributed by atoms with Gasteiger partial charge in [-0.15, -0.1) is 11.3 Å². The zero-order valence-corrected chi connectivity index (χ0v) is 14.3. The van der Waals surface area contributed by atoms with Gasteiger partial charge in [0, 0.05) is 31.2 Å². The van der Waals surface area contributed by atoms with Gasteiger partial charge in [0.05, 0.1) is 4.88 Å². The smallest absolute Gasteiger partial charge is 0.263 e. The Labute approximate surface area is 145 Å². The maximum Gasteiger partial charge on any atom is 0.263 e. The standard InChI is InChI=1S/C19H20N2O2S/c22-18(21-12-9-14-4-1-2-5-16(14)21)15-7-10-20(11-8-15)19(23)17-6-3-13-24-17/h1-6,13,15H,7-12H2. The highest BCUT2D eigenvalue weighted by Gasteiger charge is 2.33. The molecule has 1 fully saturated rings. The summed E-state index contributed by atoms with van der Waals surface area (Å²) in [6.07, 6.45) is 2.46. The average Bonchev–Trinajstić information content (AvgIpc) is 3.30. The molecule has 0 atom stereocenters. The Morgan fingerprint density at radius 3 is 2.54 bits per heavy atom. The van der Waals surface area contributed by atoms with E-state index in [1.54, 1.807) is 0 Å². The van der Waals surface area contributed by atoms with Crippen LogP contribution in [-0.2, 0) is 11.2 Å². The van der Waals surface area contributed by atoms with E-state index in [-0.39, 0.29) is 17.7 Å². The zero-order valence-electron chi connectivity index (χ0n) is 13.5. The maximum atomic E-state index is 12.9. The average molecular weight is 340 g/mol. The Hall–Kier alpha value is -2.14. The number of thiophene rings is 1. The van der Waals surface area contributed by atoms with Gasteiger partial charge in [0.25, 0.3) is 5.91 Å². The molecule has 3 heterocycles. The van der Waals surface area contributed by atoms with E-state index >= 15 is 0 Å². The SMILES string of the molecule is O=C(c1cccs1)N1CCC(C(=O)N2CCc3ccccc32)CC1. The minimum absolute atomic E-state index is 0.0311. The number of likely N-dealkylation sites (tertiary alicyclic amines) is 1. The van der Waals surface area contributed by atoms with Gasteiger partial charge >= 0.3 is 0 Å². The molecular formula is C19H20N2O2S. The number of para-hydroxylation sites is 1. The van der Waals surface area contributed by atoms with E-state index in [1.807, 2.05) is 45.5 Å². The van der Waals surface area contributed by atoms with Crippen molar-refractivity contribution in [3.05, 3.63) is 52.2 Å². The molecule has 2 amide bonds. The lowest BCUT2D eigenvalue weighted by Crippen LogP contribution is -2.44. The lowest BCUT2D eigenvalue weighted by molar-refractivity contribution is -0.123. The molecule has 0 N–H and O–H groups in total. The molecule has 1 saturated heterocycles. The van der Waals surface area contributed by atoms with Crippen molar-refractivity contribution < 1.29 is 9.59 Å². The Morgan fingerprint density at radius 1 is 1.00 bits per heavy atom. The molecule has 124 valence electrons. The highest BCUT2D eigenvalue weighted by atomic mass is 32.1. The van der Waals surface area contributed by atoms with Gasteiger partial charge in [0.2, 0.25) is 5.91 Å². The maximum absolute atomic E-state index is 12.9. The minimum Gasteiger partial charge on any atom is -0.338 e. The Kier molecular flexibility index (Phi) is 4.10. The van der Waals surface area contributed by atoms with E-state index < -0.39 is 0 Å². The lowest BCUT2D eigenvalue weighted by atomic mass is 9.95. The highest BCUT2D eigenvalue weighted by molar-refractivity contribution is 7.12. The number of rotatable bonds is 2. The first kappa shape index (κ1) is 15.4. The number of carbonyl (C=O) groups is 2. The summed E-state index contributed by atoms with van der Waals surface area (Å²) in [6, 6.07) is 11.9. The molecule has 1 aromatic heterocycles. The first-order chi connectivity index (χ1) is 11.7. The summed E-state index contributed by atoms with van der Waals surface area (Å²) < 4.78 is 0. The molecule has 0 bridgehead atoms. The molecule has 0 unspecified atom stereocenters. The number of piperidine rings is 1. The number of anilines is 1. The minimum atomic E-state index is 0.0311. The predicted molar refractivity (Wildman–Crippen MR) is 95.4 cm³/mol. The van der Waals surface area contributed by atoms with Gasteiger partial charge in [0.15, 0.2) is 0 Å². The van der Waals surface area contributed by atoms with E-state index in [0.29, 0.717) is 13.1 Å². The van der Waals surface area contributed by atoms with Crippen molar-refractivity contribution in [1.29, 1.82) is 0 Å². The Balaban J connectivity index is 1.40. The van der Waals surface area contributed by atoms with Crippen LogP contribution < -0.4 is 4.90 Å². The van der Waals surface area contributed by atoms with Crippen molar-refractivity contribution in [3.8, 4) is 0 Å². The van der Waals surface area contributed by atoms with Crippen LogP contribution in [0.4, 0.5) is 5.69 Å². The summed E-state index contributed by atoms with van der Waals surface area (Å²) in [4.78, 5) is 29.9. The van der Waals surface area contributed by atoms with E-state index in [9.17, 15) is 9.59 Å². The van der Waals surface area contributed by atoms with Gasteiger partial charge < -0.3 is 9.80 Å². The summed E-state index contributed by atoms with van der Waals surface area (Å²) in [7, 11) is 0. The molecule has 0 saturated carbocycles. The van der Waals surface area contributed by atoms with Gasteiger partial charge in [-0.25, -0.2) is 0 Å². The summed E-state index contributed by atoms with van der Waals surface area (Å²) in [5.41, 5.74) is 2.33. The molecule has 1 aromatic carbocycles. The normalized spacial score (nSPS) is 17.8. The van der Waals surface area contributed by atoms with E-state index in [0.717, 1.165) is 36.4 Å². The fraction of sp³-hybridized carbons (Fsp3) is 0.368. The molecule has 0 aliphatic carbocycles. The van der Waals surface area contributed by atoms with Crippen molar-refractivity contribution in [2.75, 3.05) is 24.5 Å². The van der Waals surface area contributed by atoms with Crippen molar-refractivity contribution in [3.63, 3.8) is 0 Å². The van der Waals surface area contributed by atoms with Crippen LogP contribution >= 0.6 is 11.3 Å².